The summed E-state index contributed by atoms with van der Waals surface area (Å²) in [6.07, 6.45) is 2.41. The molecule has 0 bridgehead atoms. The molecule has 2 aromatic carbocycles. The van der Waals surface area contributed by atoms with Gasteiger partial charge in [-0.15, -0.1) is 0 Å². The van der Waals surface area contributed by atoms with E-state index in [0.29, 0.717) is 34.6 Å². The quantitative estimate of drug-likeness (QED) is 0.699. The number of halogens is 1. The van der Waals surface area contributed by atoms with Gasteiger partial charge in [0.2, 0.25) is 0 Å². The van der Waals surface area contributed by atoms with Crippen molar-refractivity contribution in [2.24, 2.45) is 5.92 Å². The minimum atomic E-state index is 0.000328. The molecule has 1 atom stereocenters. The van der Waals surface area contributed by atoms with Crippen molar-refractivity contribution in [3.8, 4) is 11.5 Å². The lowest BCUT2D eigenvalue weighted by Crippen LogP contribution is -2.36. The van der Waals surface area contributed by atoms with Gasteiger partial charge < -0.3 is 14.4 Å². The van der Waals surface area contributed by atoms with Crippen molar-refractivity contribution in [1.29, 1.82) is 0 Å². The fourth-order valence-electron chi connectivity index (χ4n) is 2.97. The van der Waals surface area contributed by atoms with Gasteiger partial charge in [0.1, 0.15) is 6.61 Å². The number of carbonyl (C=O) groups excluding carboxylic acids is 1. The highest BCUT2D eigenvalue weighted by Gasteiger charge is 2.32. The predicted molar refractivity (Wildman–Crippen MR) is 103 cm³/mol. The number of hydrogen-bond donors (Lipinski definition) is 0. The van der Waals surface area contributed by atoms with Crippen LogP contribution in [-0.4, -0.2) is 31.0 Å². The SMILES string of the molecule is COc1cc(C(=O)N(C)C(C)C2CC2)ccc1OCc1ccccc1Cl. The summed E-state index contributed by atoms with van der Waals surface area (Å²) in [5.41, 5.74) is 1.50. The predicted octanol–water partition coefficient (Wildman–Crippen LogP) is 4.80. The van der Waals surface area contributed by atoms with Crippen LogP contribution in [0.4, 0.5) is 0 Å². The summed E-state index contributed by atoms with van der Waals surface area (Å²) in [4.78, 5) is 14.6. The molecule has 0 spiro atoms. The molecule has 0 aliphatic heterocycles. The molecule has 1 aliphatic carbocycles. The molecule has 4 nitrogen and oxygen atoms in total. The second-order valence-corrected chi connectivity index (χ2v) is 7.15. The van der Waals surface area contributed by atoms with Crippen molar-refractivity contribution in [3.63, 3.8) is 0 Å². The van der Waals surface area contributed by atoms with Gasteiger partial charge in [-0.3, -0.25) is 4.79 Å². The van der Waals surface area contributed by atoms with E-state index in [1.165, 1.54) is 12.8 Å². The molecule has 1 saturated carbocycles. The average Bonchev–Trinajstić information content (AvgIpc) is 3.50. The van der Waals surface area contributed by atoms with Crippen LogP contribution in [0.1, 0.15) is 35.7 Å². The summed E-state index contributed by atoms with van der Waals surface area (Å²) < 4.78 is 11.3. The van der Waals surface area contributed by atoms with Crippen molar-refractivity contribution in [1.82, 2.24) is 4.90 Å². The molecule has 3 rings (SSSR count). The Balaban J connectivity index is 1.72. The molecule has 0 radical (unpaired) electrons. The molecule has 1 amide bonds. The van der Waals surface area contributed by atoms with Crippen molar-refractivity contribution >= 4 is 17.5 Å². The summed E-state index contributed by atoms with van der Waals surface area (Å²) in [6.45, 7) is 2.44. The fourth-order valence-corrected chi connectivity index (χ4v) is 3.16. The van der Waals surface area contributed by atoms with E-state index in [9.17, 15) is 4.79 Å². The molecule has 5 heteroatoms. The third kappa shape index (κ3) is 4.13. The third-order valence-electron chi connectivity index (χ3n) is 4.99. The van der Waals surface area contributed by atoms with Crippen molar-refractivity contribution in [3.05, 3.63) is 58.6 Å². The second kappa shape index (κ2) is 8.00. The molecule has 0 saturated heterocycles. The Kier molecular flexibility index (Phi) is 5.72. The number of carbonyl (C=O) groups is 1. The van der Waals surface area contributed by atoms with Gasteiger partial charge in [0.05, 0.1) is 7.11 Å². The van der Waals surface area contributed by atoms with Gasteiger partial charge >= 0.3 is 0 Å². The van der Waals surface area contributed by atoms with E-state index in [0.717, 1.165) is 5.56 Å². The van der Waals surface area contributed by atoms with E-state index in [-0.39, 0.29) is 11.9 Å². The maximum atomic E-state index is 12.7. The summed E-state index contributed by atoms with van der Waals surface area (Å²) in [5.74, 6) is 1.75. The van der Waals surface area contributed by atoms with Gasteiger partial charge in [-0.2, -0.15) is 0 Å². The topological polar surface area (TPSA) is 38.8 Å². The van der Waals surface area contributed by atoms with E-state index in [1.54, 1.807) is 25.3 Å². The largest absolute Gasteiger partial charge is 0.493 e. The first-order valence-corrected chi connectivity index (χ1v) is 9.20. The van der Waals surface area contributed by atoms with Gasteiger partial charge in [0, 0.05) is 29.2 Å². The maximum Gasteiger partial charge on any atom is 0.253 e. The monoisotopic (exact) mass is 373 g/mol. The Morgan fingerprint density at radius 1 is 1.23 bits per heavy atom. The van der Waals surface area contributed by atoms with Crippen LogP contribution in [0.3, 0.4) is 0 Å². The smallest absolute Gasteiger partial charge is 0.253 e. The summed E-state index contributed by atoms with van der Waals surface area (Å²) in [5, 5.41) is 0.661. The average molecular weight is 374 g/mol. The highest BCUT2D eigenvalue weighted by molar-refractivity contribution is 6.31. The van der Waals surface area contributed by atoms with E-state index in [1.807, 2.05) is 36.2 Å². The number of benzene rings is 2. The first-order chi connectivity index (χ1) is 12.5. The van der Waals surface area contributed by atoms with E-state index in [2.05, 4.69) is 6.92 Å². The number of methoxy groups -OCH3 is 1. The van der Waals surface area contributed by atoms with Crippen LogP contribution < -0.4 is 9.47 Å². The molecule has 1 unspecified atom stereocenters. The normalized spacial score (nSPS) is 14.6. The van der Waals surface area contributed by atoms with Crippen LogP contribution in [0.2, 0.25) is 5.02 Å². The van der Waals surface area contributed by atoms with Crippen molar-refractivity contribution < 1.29 is 14.3 Å². The van der Waals surface area contributed by atoms with Crippen LogP contribution in [0.25, 0.3) is 0 Å². The van der Waals surface area contributed by atoms with E-state index >= 15 is 0 Å². The van der Waals surface area contributed by atoms with Crippen LogP contribution in [0.15, 0.2) is 42.5 Å². The minimum absolute atomic E-state index is 0.000328. The van der Waals surface area contributed by atoms with Crippen LogP contribution in [0, 0.1) is 5.92 Å². The number of nitrogens with zero attached hydrogens (tertiary/aromatic N) is 1. The van der Waals surface area contributed by atoms with Crippen molar-refractivity contribution in [2.45, 2.75) is 32.4 Å². The number of ether oxygens (including phenoxy) is 2. The Hall–Kier alpha value is -2.20. The third-order valence-corrected chi connectivity index (χ3v) is 5.36. The van der Waals surface area contributed by atoms with E-state index < -0.39 is 0 Å². The molecule has 0 aromatic heterocycles. The molecular formula is C21H24ClNO3. The van der Waals surface area contributed by atoms with Crippen LogP contribution >= 0.6 is 11.6 Å². The second-order valence-electron chi connectivity index (χ2n) is 6.74. The molecule has 1 fully saturated rings. The van der Waals surface area contributed by atoms with E-state index in [4.69, 9.17) is 21.1 Å². The lowest BCUT2D eigenvalue weighted by atomic mass is 10.1. The first kappa shape index (κ1) is 18.6. The Morgan fingerprint density at radius 2 is 1.96 bits per heavy atom. The Morgan fingerprint density at radius 3 is 2.62 bits per heavy atom. The fraction of sp³-hybridized carbons (Fsp3) is 0.381. The zero-order valence-corrected chi connectivity index (χ0v) is 16.1. The molecule has 138 valence electrons. The zero-order valence-electron chi connectivity index (χ0n) is 15.4. The number of hydrogen-bond acceptors (Lipinski definition) is 3. The highest BCUT2D eigenvalue weighted by Crippen LogP contribution is 2.36. The summed E-state index contributed by atoms with van der Waals surface area (Å²) >= 11 is 6.16. The minimum Gasteiger partial charge on any atom is -0.493 e. The maximum absolute atomic E-state index is 12.7. The Bertz CT molecular complexity index is 789. The molecule has 0 N–H and O–H groups in total. The first-order valence-electron chi connectivity index (χ1n) is 8.82. The van der Waals surface area contributed by atoms with Crippen LogP contribution in [0.5, 0.6) is 11.5 Å². The molecule has 0 heterocycles. The molecule has 2 aromatic rings. The zero-order chi connectivity index (χ0) is 18.7. The lowest BCUT2D eigenvalue weighted by molar-refractivity contribution is 0.0727. The van der Waals surface area contributed by atoms with Gasteiger partial charge in [-0.1, -0.05) is 29.8 Å². The summed E-state index contributed by atoms with van der Waals surface area (Å²) in [6, 6.07) is 13.1. The molecule has 1 aliphatic rings. The van der Waals surface area contributed by atoms with Gasteiger partial charge in [0.15, 0.2) is 11.5 Å². The van der Waals surface area contributed by atoms with Gasteiger partial charge in [0.25, 0.3) is 5.91 Å². The molecular weight excluding hydrogens is 350 g/mol. The molecule has 26 heavy (non-hydrogen) atoms. The highest BCUT2D eigenvalue weighted by atomic mass is 35.5. The lowest BCUT2D eigenvalue weighted by Gasteiger charge is -2.25. The number of rotatable bonds is 7. The standard InChI is InChI=1S/C21H24ClNO3/c1-14(15-8-9-15)23(2)21(24)16-10-11-19(20(12-16)25-3)26-13-17-6-4-5-7-18(17)22/h4-7,10-12,14-15H,8-9,13H2,1-3H3. The van der Waals surface area contributed by atoms with Crippen molar-refractivity contribution in [2.75, 3.05) is 14.2 Å². The number of amides is 1. The van der Waals surface area contributed by atoms with Gasteiger partial charge in [-0.05, 0) is 49.9 Å². The summed E-state index contributed by atoms with van der Waals surface area (Å²) in [7, 11) is 3.43. The Labute approximate surface area is 159 Å². The van der Waals surface area contributed by atoms with Crippen LogP contribution in [-0.2, 0) is 6.61 Å². The van der Waals surface area contributed by atoms with Gasteiger partial charge in [-0.25, -0.2) is 0 Å².